The Labute approximate surface area is 197 Å². The molecule has 178 valence electrons. The molecule has 1 fully saturated rings. The monoisotopic (exact) mass is 465 g/mol. The van der Waals surface area contributed by atoms with Gasteiger partial charge < -0.3 is 29.0 Å². The minimum absolute atomic E-state index is 0.00813. The molecule has 1 saturated heterocycles. The summed E-state index contributed by atoms with van der Waals surface area (Å²) in [5.74, 6) is -0.144. The Balaban J connectivity index is 1.39. The fourth-order valence-electron chi connectivity index (χ4n) is 3.88. The number of ether oxygens (including phenoxy) is 3. The highest BCUT2D eigenvalue weighted by molar-refractivity contribution is 6.44. The van der Waals surface area contributed by atoms with Gasteiger partial charge in [-0.2, -0.15) is 0 Å². The maximum absolute atomic E-state index is 13.0. The summed E-state index contributed by atoms with van der Waals surface area (Å²) in [6.45, 7) is 2.20. The zero-order valence-electron chi connectivity index (χ0n) is 19.0. The number of hydrogen-bond donors (Lipinski definition) is 1. The SMILES string of the molecule is COc1ccccc1OCCNC(=O)Cn1cc(C(=O)C(=O)N2CCOCC2)c2ccccc21. The third-order valence-corrected chi connectivity index (χ3v) is 5.59. The summed E-state index contributed by atoms with van der Waals surface area (Å²) in [6.07, 6.45) is 1.58. The number of carbonyl (C=O) groups is 3. The molecule has 9 heteroatoms. The summed E-state index contributed by atoms with van der Waals surface area (Å²) in [7, 11) is 1.57. The number of aromatic nitrogens is 1. The van der Waals surface area contributed by atoms with Crippen LogP contribution in [0.15, 0.2) is 54.7 Å². The van der Waals surface area contributed by atoms with E-state index in [4.69, 9.17) is 14.2 Å². The number of ketones is 1. The highest BCUT2D eigenvalue weighted by atomic mass is 16.5. The number of carbonyl (C=O) groups excluding carboxylic acids is 3. The van der Waals surface area contributed by atoms with Crippen LogP contribution >= 0.6 is 0 Å². The molecular weight excluding hydrogens is 438 g/mol. The van der Waals surface area contributed by atoms with E-state index in [9.17, 15) is 14.4 Å². The molecule has 0 atom stereocenters. The molecule has 0 radical (unpaired) electrons. The van der Waals surface area contributed by atoms with E-state index in [1.54, 1.807) is 42.1 Å². The van der Waals surface area contributed by atoms with Gasteiger partial charge >= 0.3 is 0 Å². The fourth-order valence-corrected chi connectivity index (χ4v) is 3.88. The molecule has 0 bridgehead atoms. The second-order valence-electron chi connectivity index (χ2n) is 7.77. The van der Waals surface area contributed by atoms with Crippen LogP contribution in [0.1, 0.15) is 10.4 Å². The average Bonchev–Trinajstić information content (AvgIpc) is 3.24. The lowest BCUT2D eigenvalue weighted by Gasteiger charge is -2.25. The first-order valence-corrected chi connectivity index (χ1v) is 11.1. The van der Waals surface area contributed by atoms with Crippen molar-refractivity contribution in [2.75, 3.05) is 46.6 Å². The standard InChI is InChI=1S/C25H27N3O6/c1-32-21-8-4-5-9-22(21)34-13-10-26-23(29)17-28-16-19(18-6-2-3-7-20(18)28)24(30)25(31)27-11-14-33-15-12-27/h2-9,16H,10-15,17H2,1H3,(H,26,29). The summed E-state index contributed by atoms with van der Waals surface area (Å²) in [4.78, 5) is 39.8. The van der Waals surface area contributed by atoms with Gasteiger partial charge in [-0.1, -0.05) is 30.3 Å². The summed E-state index contributed by atoms with van der Waals surface area (Å²) in [5.41, 5.74) is 1.00. The predicted octanol–water partition coefficient (Wildman–Crippen LogP) is 1.89. The van der Waals surface area contributed by atoms with E-state index >= 15 is 0 Å². The maximum atomic E-state index is 13.0. The van der Waals surface area contributed by atoms with Gasteiger partial charge in [0.05, 0.1) is 32.4 Å². The molecule has 1 aliphatic rings. The minimum Gasteiger partial charge on any atom is -0.493 e. The number of rotatable bonds is 9. The Morgan fingerprint density at radius 3 is 2.47 bits per heavy atom. The molecule has 9 nitrogen and oxygen atoms in total. The molecule has 0 saturated carbocycles. The number of Topliss-reactive ketones (excluding diaryl/α,β-unsaturated/α-hetero) is 1. The number of hydrogen-bond acceptors (Lipinski definition) is 6. The first-order valence-electron chi connectivity index (χ1n) is 11.1. The summed E-state index contributed by atoms with van der Waals surface area (Å²) in [6, 6.07) is 14.5. The summed E-state index contributed by atoms with van der Waals surface area (Å²) >= 11 is 0. The van der Waals surface area contributed by atoms with Gasteiger partial charge in [0, 0.05) is 30.2 Å². The van der Waals surface area contributed by atoms with E-state index in [-0.39, 0.29) is 19.1 Å². The molecule has 4 rings (SSSR count). The Kier molecular flexibility index (Phi) is 7.44. The van der Waals surface area contributed by atoms with Gasteiger partial charge in [0.15, 0.2) is 11.5 Å². The Hall–Kier alpha value is -3.85. The maximum Gasteiger partial charge on any atom is 0.295 e. The lowest BCUT2D eigenvalue weighted by atomic mass is 10.1. The van der Waals surface area contributed by atoms with E-state index < -0.39 is 11.7 Å². The van der Waals surface area contributed by atoms with Gasteiger partial charge in [-0.05, 0) is 18.2 Å². The van der Waals surface area contributed by atoms with Gasteiger partial charge in [-0.3, -0.25) is 14.4 Å². The van der Waals surface area contributed by atoms with Crippen molar-refractivity contribution in [3.63, 3.8) is 0 Å². The largest absolute Gasteiger partial charge is 0.493 e. The number of methoxy groups -OCH3 is 1. The molecule has 2 amide bonds. The second-order valence-corrected chi connectivity index (χ2v) is 7.77. The molecule has 0 spiro atoms. The van der Waals surface area contributed by atoms with Crippen molar-refractivity contribution in [3.8, 4) is 11.5 Å². The molecule has 2 aromatic carbocycles. The molecule has 1 N–H and O–H groups in total. The first kappa shape index (κ1) is 23.3. The molecule has 0 unspecified atom stereocenters. The quantitative estimate of drug-likeness (QED) is 0.294. The van der Waals surface area contributed by atoms with E-state index in [0.717, 1.165) is 0 Å². The zero-order valence-corrected chi connectivity index (χ0v) is 19.0. The van der Waals surface area contributed by atoms with Crippen molar-refractivity contribution < 1.29 is 28.6 Å². The Bertz CT molecular complexity index is 1180. The van der Waals surface area contributed by atoms with E-state index in [1.165, 1.54) is 4.90 Å². The van der Waals surface area contributed by atoms with Crippen molar-refractivity contribution in [1.82, 2.24) is 14.8 Å². The van der Waals surface area contributed by atoms with Crippen molar-refractivity contribution in [3.05, 3.63) is 60.3 Å². The van der Waals surface area contributed by atoms with Gasteiger partial charge in [-0.15, -0.1) is 0 Å². The van der Waals surface area contributed by atoms with Crippen molar-refractivity contribution in [2.45, 2.75) is 6.54 Å². The van der Waals surface area contributed by atoms with Crippen LogP contribution in [0.2, 0.25) is 0 Å². The number of nitrogens with zero attached hydrogens (tertiary/aromatic N) is 2. The minimum atomic E-state index is -0.581. The van der Waals surface area contributed by atoms with Crippen LogP contribution in [0.4, 0.5) is 0 Å². The predicted molar refractivity (Wildman–Crippen MR) is 125 cm³/mol. The van der Waals surface area contributed by atoms with Gasteiger partial charge in [-0.25, -0.2) is 0 Å². The number of amides is 2. The molecular formula is C25H27N3O6. The van der Waals surface area contributed by atoms with Gasteiger partial charge in [0.1, 0.15) is 13.2 Å². The fraction of sp³-hybridized carbons (Fsp3) is 0.320. The second kappa shape index (κ2) is 10.8. The van der Waals surface area contributed by atoms with Crippen LogP contribution in [0, 0.1) is 0 Å². The molecule has 1 aliphatic heterocycles. The lowest BCUT2D eigenvalue weighted by molar-refractivity contribution is -0.130. The summed E-state index contributed by atoms with van der Waals surface area (Å²) < 4.78 is 17.9. The topological polar surface area (TPSA) is 99.1 Å². The van der Waals surface area contributed by atoms with E-state index in [0.29, 0.717) is 60.8 Å². The molecule has 3 aromatic rings. The van der Waals surface area contributed by atoms with E-state index in [2.05, 4.69) is 5.32 Å². The third kappa shape index (κ3) is 5.20. The van der Waals surface area contributed by atoms with Crippen molar-refractivity contribution in [1.29, 1.82) is 0 Å². The zero-order chi connectivity index (χ0) is 23.9. The molecule has 1 aromatic heterocycles. The number of fused-ring (bicyclic) bond motifs is 1. The van der Waals surface area contributed by atoms with E-state index in [1.807, 2.05) is 24.3 Å². The number of morpholine rings is 1. The number of nitrogens with one attached hydrogen (secondary N) is 1. The number of para-hydroxylation sites is 3. The highest BCUT2D eigenvalue weighted by Gasteiger charge is 2.27. The molecule has 34 heavy (non-hydrogen) atoms. The normalized spacial score (nSPS) is 13.5. The first-order chi connectivity index (χ1) is 16.6. The van der Waals surface area contributed by atoms with Crippen LogP contribution in [-0.4, -0.2) is 73.6 Å². The Morgan fingerprint density at radius 1 is 1.00 bits per heavy atom. The van der Waals surface area contributed by atoms with Crippen LogP contribution in [-0.2, 0) is 20.9 Å². The third-order valence-electron chi connectivity index (χ3n) is 5.59. The van der Waals surface area contributed by atoms with Gasteiger partial charge in [0.25, 0.3) is 11.7 Å². The molecule has 0 aliphatic carbocycles. The van der Waals surface area contributed by atoms with Crippen LogP contribution < -0.4 is 14.8 Å². The highest BCUT2D eigenvalue weighted by Crippen LogP contribution is 2.25. The van der Waals surface area contributed by atoms with Crippen LogP contribution in [0.25, 0.3) is 10.9 Å². The summed E-state index contributed by atoms with van der Waals surface area (Å²) in [5, 5.41) is 3.46. The van der Waals surface area contributed by atoms with Crippen molar-refractivity contribution in [2.24, 2.45) is 0 Å². The Morgan fingerprint density at radius 2 is 1.71 bits per heavy atom. The van der Waals surface area contributed by atoms with Crippen molar-refractivity contribution >= 4 is 28.5 Å². The smallest absolute Gasteiger partial charge is 0.295 e. The van der Waals surface area contributed by atoms with Crippen LogP contribution in [0.3, 0.4) is 0 Å². The number of benzene rings is 2. The lowest BCUT2D eigenvalue weighted by Crippen LogP contribution is -2.44. The average molecular weight is 466 g/mol. The van der Waals surface area contributed by atoms with Gasteiger partial charge in [0.2, 0.25) is 5.91 Å². The molecule has 2 heterocycles. The van der Waals surface area contributed by atoms with Crippen LogP contribution in [0.5, 0.6) is 11.5 Å².